The van der Waals surface area contributed by atoms with E-state index < -0.39 is 0 Å². The summed E-state index contributed by atoms with van der Waals surface area (Å²) in [6.45, 7) is 15.4. The number of fused-ring (bicyclic) bond motifs is 3. The molecule has 0 unspecified atom stereocenters. The van der Waals surface area contributed by atoms with Crippen LogP contribution in [0.2, 0.25) is 0 Å². The molecule has 8 rings (SSSR count). The van der Waals surface area contributed by atoms with Crippen molar-refractivity contribution < 1.29 is 30.5 Å². The third-order valence-corrected chi connectivity index (χ3v) is 9.82. The van der Waals surface area contributed by atoms with E-state index in [-0.39, 0.29) is 44.0 Å². The van der Waals surface area contributed by atoms with Crippen molar-refractivity contribution in [3.63, 3.8) is 0 Å². The predicted octanol–water partition coefficient (Wildman–Crippen LogP) is 11.7. The van der Waals surface area contributed by atoms with Gasteiger partial charge in [0.25, 0.3) is 0 Å². The van der Waals surface area contributed by atoms with Gasteiger partial charge in [0.05, 0.1) is 5.52 Å². The molecular formula is C47H43N3O2Pt. The summed E-state index contributed by atoms with van der Waals surface area (Å²) in [5.74, 6) is 1.73. The molecule has 5 aromatic carbocycles. The minimum absolute atomic E-state index is 0. The first-order chi connectivity index (χ1) is 24.9. The van der Waals surface area contributed by atoms with Gasteiger partial charge in [-0.3, -0.25) is 4.99 Å². The normalized spacial score (nSPS) is 15.9. The molecule has 0 saturated carbocycles. The molecule has 0 N–H and O–H groups in total. The van der Waals surface area contributed by atoms with Crippen LogP contribution in [0.5, 0.6) is 11.5 Å². The van der Waals surface area contributed by atoms with E-state index in [2.05, 4.69) is 132 Å². The first-order valence-electron chi connectivity index (χ1n) is 18.0. The fraction of sp³-hybridized carbons (Fsp3) is 0.234. The van der Waals surface area contributed by atoms with E-state index in [1.54, 1.807) is 0 Å². The van der Waals surface area contributed by atoms with Gasteiger partial charge in [0, 0.05) is 28.5 Å². The maximum atomic E-state index is 6.72. The second kappa shape index (κ2) is 14.1. The van der Waals surface area contributed by atoms with Crippen LogP contribution in [0.25, 0.3) is 27.6 Å². The second-order valence-corrected chi connectivity index (χ2v) is 15.8. The van der Waals surface area contributed by atoms with E-state index in [0.717, 1.165) is 50.1 Å². The minimum Gasteiger partial charge on any atom is -0.510 e. The van der Waals surface area contributed by atoms with Crippen molar-refractivity contribution in [2.75, 3.05) is 0 Å². The molecule has 0 aliphatic carbocycles. The molecule has 0 radical (unpaired) electrons. The molecule has 1 aliphatic rings. The molecular weight excluding hydrogens is 834 g/mol. The first-order valence-corrected chi connectivity index (χ1v) is 18.0. The molecule has 0 saturated heterocycles. The number of aliphatic imine (C=N–C) groups is 1. The molecule has 0 amide bonds. The first kappa shape index (κ1) is 36.4. The summed E-state index contributed by atoms with van der Waals surface area (Å²) in [4.78, 5) is 10.0. The van der Waals surface area contributed by atoms with E-state index in [9.17, 15) is 0 Å². The SMILES string of the molecule is Cc1cc(Oc2[c-]c(C3=N[C@H](c4ccccc4)[C@@H](c4ccccc4)O3)cc(C(C)(C)C)c2)[c-]c(-n2c3ccc(C(C)(C)C)cc3c3cccnc32)c1.[Pt+2]. The molecule has 7 aromatic rings. The zero-order valence-corrected chi connectivity index (χ0v) is 33.4. The Hall–Kier alpha value is -4.99. The molecule has 3 heterocycles. The van der Waals surface area contributed by atoms with Gasteiger partial charge in [0.2, 0.25) is 0 Å². The standard InChI is InChI=1S/C47H43N3O2.Pt/c1-30-23-36(50-41-21-20-34(46(2,3)4)28-40(41)39-19-14-22-48-44(39)50)29-37(24-30)51-38-26-33(25-35(27-38)47(5,6)7)45-49-42(31-15-10-8-11-16-31)43(52-45)32-17-12-9-13-18-32;/h8-25,27-28,42-43H,1-7H3;/q-2;+2/t42-,43-;/m1./s1. The minimum atomic E-state index is -0.262. The van der Waals surface area contributed by atoms with Gasteiger partial charge in [-0.1, -0.05) is 139 Å². The van der Waals surface area contributed by atoms with Gasteiger partial charge >= 0.3 is 21.1 Å². The summed E-state index contributed by atoms with van der Waals surface area (Å²) in [6, 6.07) is 46.8. The Bertz CT molecular complexity index is 2450. The largest absolute Gasteiger partial charge is 2.00 e. The van der Waals surface area contributed by atoms with Gasteiger partial charge in [-0.25, -0.2) is 4.98 Å². The smallest absolute Gasteiger partial charge is 0.510 e. The number of aromatic nitrogens is 2. The summed E-state index contributed by atoms with van der Waals surface area (Å²) >= 11 is 0. The Labute approximate surface area is 327 Å². The molecule has 1 aliphatic heterocycles. The number of nitrogens with zero attached hydrogens (tertiary/aromatic N) is 3. The van der Waals surface area contributed by atoms with Crippen LogP contribution >= 0.6 is 0 Å². The Morgan fingerprint density at radius 2 is 1.36 bits per heavy atom. The number of ether oxygens (including phenoxy) is 2. The van der Waals surface area contributed by atoms with Crippen molar-refractivity contribution in [3.8, 4) is 17.2 Å². The quantitative estimate of drug-likeness (QED) is 0.156. The van der Waals surface area contributed by atoms with Gasteiger partial charge in [-0.2, -0.15) is 5.56 Å². The summed E-state index contributed by atoms with van der Waals surface area (Å²) in [5.41, 5.74) is 9.06. The maximum Gasteiger partial charge on any atom is 2.00 e. The summed E-state index contributed by atoms with van der Waals surface area (Å²) in [5, 5.41) is 2.28. The molecule has 5 nitrogen and oxygen atoms in total. The van der Waals surface area contributed by atoms with Gasteiger partial charge < -0.3 is 14.0 Å². The molecule has 6 heteroatoms. The number of pyridine rings is 1. The van der Waals surface area contributed by atoms with E-state index in [1.807, 2.05) is 54.7 Å². The van der Waals surface area contributed by atoms with Crippen molar-refractivity contribution in [2.24, 2.45) is 4.99 Å². The van der Waals surface area contributed by atoms with Gasteiger partial charge in [-0.05, 0) is 51.8 Å². The average Bonchev–Trinajstić information content (AvgIpc) is 3.72. The van der Waals surface area contributed by atoms with E-state index >= 15 is 0 Å². The third kappa shape index (κ3) is 7.20. The van der Waals surface area contributed by atoms with Crippen LogP contribution < -0.4 is 4.74 Å². The Balaban J connectivity index is 0.00000435. The third-order valence-electron chi connectivity index (χ3n) is 9.82. The summed E-state index contributed by atoms with van der Waals surface area (Å²) in [6.07, 6.45) is 1.59. The van der Waals surface area contributed by atoms with Crippen molar-refractivity contribution in [2.45, 2.75) is 71.4 Å². The zero-order chi connectivity index (χ0) is 36.2. The predicted molar refractivity (Wildman–Crippen MR) is 211 cm³/mol. The number of rotatable bonds is 6. The maximum absolute atomic E-state index is 6.72. The Kier molecular flexibility index (Phi) is 9.68. The average molecular weight is 877 g/mol. The molecule has 0 bridgehead atoms. The Morgan fingerprint density at radius 3 is 2.06 bits per heavy atom. The van der Waals surface area contributed by atoms with Crippen LogP contribution in [0.4, 0.5) is 0 Å². The van der Waals surface area contributed by atoms with Crippen LogP contribution in [0, 0.1) is 19.1 Å². The summed E-state index contributed by atoms with van der Waals surface area (Å²) < 4.78 is 15.6. The molecule has 53 heavy (non-hydrogen) atoms. The number of benzene rings is 5. The van der Waals surface area contributed by atoms with Gasteiger partial charge in [0.15, 0.2) is 0 Å². The topological polar surface area (TPSA) is 48.6 Å². The van der Waals surface area contributed by atoms with Crippen LogP contribution in [-0.2, 0) is 36.6 Å². The molecule has 2 atom stereocenters. The molecule has 268 valence electrons. The fourth-order valence-electron chi connectivity index (χ4n) is 6.99. The fourth-order valence-corrected chi connectivity index (χ4v) is 6.99. The van der Waals surface area contributed by atoms with E-state index in [1.165, 1.54) is 10.9 Å². The number of aryl methyl sites for hydroxylation is 1. The van der Waals surface area contributed by atoms with Crippen LogP contribution in [0.1, 0.15) is 87.1 Å². The van der Waals surface area contributed by atoms with Crippen molar-refractivity contribution in [3.05, 3.63) is 167 Å². The van der Waals surface area contributed by atoms with Gasteiger partial charge in [0.1, 0.15) is 23.7 Å². The monoisotopic (exact) mass is 876 g/mol. The van der Waals surface area contributed by atoms with Crippen molar-refractivity contribution in [1.29, 1.82) is 0 Å². The van der Waals surface area contributed by atoms with Crippen molar-refractivity contribution >= 4 is 27.8 Å². The van der Waals surface area contributed by atoms with Crippen LogP contribution in [-0.4, -0.2) is 15.4 Å². The van der Waals surface area contributed by atoms with Crippen LogP contribution in [0.3, 0.4) is 0 Å². The van der Waals surface area contributed by atoms with E-state index in [0.29, 0.717) is 17.4 Å². The molecule has 0 spiro atoms. The Morgan fingerprint density at radius 1 is 0.679 bits per heavy atom. The molecule has 0 fully saturated rings. The number of hydrogen-bond donors (Lipinski definition) is 0. The molecule has 2 aromatic heterocycles. The second-order valence-electron chi connectivity index (χ2n) is 15.8. The van der Waals surface area contributed by atoms with E-state index in [4.69, 9.17) is 19.5 Å². The summed E-state index contributed by atoms with van der Waals surface area (Å²) in [7, 11) is 0. The zero-order valence-electron chi connectivity index (χ0n) is 31.2. The number of hydrogen-bond acceptors (Lipinski definition) is 4. The van der Waals surface area contributed by atoms with Gasteiger partial charge in [-0.15, -0.1) is 29.8 Å². The van der Waals surface area contributed by atoms with Crippen LogP contribution in [0.15, 0.2) is 126 Å². The van der Waals surface area contributed by atoms with Crippen molar-refractivity contribution in [1.82, 2.24) is 9.55 Å².